The zero-order valence-electron chi connectivity index (χ0n) is 26.0. The third-order valence-corrected chi connectivity index (χ3v) is 7.85. The van der Waals surface area contributed by atoms with Crippen LogP contribution in [-0.2, 0) is 31.6 Å². The van der Waals surface area contributed by atoms with Gasteiger partial charge in [-0.1, -0.05) is 44.9 Å². The minimum absolute atomic E-state index is 0.00571. The fourth-order valence-corrected chi connectivity index (χ4v) is 5.68. The molecular formula is C33H35F9N4O. The van der Waals surface area contributed by atoms with Gasteiger partial charge in [-0.15, -0.1) is 0 Å². The van der Waals surface area contributed by atoms with Crippen LogP contribution in [0.25, 0.3) is 10.9 Å². The summed E-state index contributed by atoms with van der Waals surface area (Å²) < 4.78 is 127. The molecular weight excluding hydrogens is 639 g/mol. The van der Waals surface area contributed by atoms with E-state index in [1.807, 2.05) is 25.7 Å². The molecule has 2 heterocycles. The highest BCUT2D eigenvalue weighted by molar-refractivity contribution is 5.82. The molecule has 1 saturated carbocycles. The van der Waals surface area contributed by atoms with Crippen LogP contribution in [0, 0.1) is 5.92 Å². The molecule has 0 amide bonds. The van der Waals surface area contributed by atoms with Crippen molar-refractivity contribution < 1.29 is 43.9 Å². The van der Waals surface area contributed by atoms with Crippen molar-refractivity contribution in [2.75, 3.05) is 22.9 Å². The summed E-state index contributed by atoms with van der Waals surface area (Å²) in [6.07, 6.45) is -10.5. The van der Waals surface area contributed by atoms with Crippen LogP contribution in [0.2, 0.25) is 0 Å². The number of nitrogens with zero attached hydrogens (tertiary/aromatic N) is 4. The fraction of sp³-hybridized carbons (Fsp3) is 0.455. The SMILES string of the molecule is CC.CCN(CC1CCCC1)c1nc2ccccc2cc1CN(Cc1cc(C(F)(F)F)cc(C(F)(F)F)c1)c1nc(C(F)(F)F)co1. The van der Waals surface area contributed by atoms with E-state index in [0.717, 1.165) is 30.6 Å². The van der Waals surface area contributed by atoms with Gasteiger partial charge >= 0.3 is 18.5 Å². The molecule has 256 valence electrons. The predicted molar refractivity (Wildman–Crippen MR) is 161 cm³/mol. The molecule has 2 aromatic carbocycles. The van der Waals surface area contributed by atoms with Gasteiger partial charge in [0.15, 0.2) is 5.69 Å². The molecule has 0 saturated heterocycles. The number of anilines is 2. The Kier molecular flexibility index (Phi) is 11.0. The lowest BCUT2D eigenvalue weighted by molar-refractivity contribution is -0.143. The Morgan fingerprint density at radius 3 is 1.94 bits per heavy atom. The first-order valence-electron chi connectivity index (χ1n) is 15.3. The number of hydrogen-bond acceptors (Lipinski definition) is 5. The Morgan fingerprint density at radius 1 is 0.766 bits per heavy atom. The van der Waals surface area contributed by atoms with Crippen LogP contribution in [0.5, 0.6) is 0 Å². The van der Waals surface area contributed by atoms with E-state index in [9.17, 15) is 39.5 Å². The molecule has 0 unspecified atom stereocenters. The maximum Gasteiger partial charge on any atom is 0.436 e. The van der Waals surface area contributed by atoms with Crippen LogP contribution in [0.15, 0.2) is 59.2 Å². The number of oxazole rings is 1. The molecule has 0 N–H and O–H groups in total. The van der Waals surface area contributed by atoms with E-state index in [4.69, 9.17) is 9.40 Å². The van der Waals surface area contributed by atoms with Gasteiger partial charge in [-0.3, -0.25) is 0 Å². The molecule has 0 atom stereocenters. The summed E-state index contributed by atoms with van der Waals surface area (Å²) in [5.41, 5.74) is -3.79. The topological polar surface area (TPSA) is 45.4 Å². The van der Waals surface area contributed by atoms with E-state index < -0.39 is 53.5 Å². The molecule has 14 heteroatoms. The average molecular weight is 675 g/mol. The van der Waals surface area contributed by atoms with Crippen LogP contribution in [0.3, 0.4) is 0 Å². The first kappa shape index (κ1) is 35.9. The number of fused-ring (bicyclic) bond motifs is 1. The number of benzene rings is 2. The number of hydrogen-bond donors (Lipinski definition) is 0. The van der Waals surface area contributed by atoms with Crippen LogP contribution < -0.4 is 9.80 Å². The molecule has 0 radical (unpaired) electrons. The number of rotatable bonds is 9. The third kappa shape index (κ3) is 8.89. The summed E-state index contributed by atoms with van der Waals surface area (Å²) in [7, 11) is 0. The normalized spacial score (nSPS) is 14.3. The molecule has 0 aliphatic heterocycles. The van der Waals surface area contributed by atoms with Gasteiger partial charge in [-0.05, 0) is 61.6 Å². The second-order valence-electron chi connectivity index (χ2n) is 11.1. The molecule has 1 aliphatic carbocycles. The monoisotopic (exact) mass is 674 g/mol. The highest BCUT2D eigenvalue weighted by atomic mass is 19.4. The van der Waals surface area contributed by atoms with Crippen molar-refractivity contribution in [2.24, 2.45) is 5.92 Å². The molecule has 1 fully saturated rings. The van der Waals surface area contributed by atoms with Crippen molar-refractivity contribution in [3.05, 3.63) is 82.7 Å². The minimum atomic E-state index is -5.11. The molecule has 47 heavy (non-hydrogen) atoms. The maximum absolute atomic E-state index is 13.6. The number of para-hydroxylation sites is 1. The van der Waals surface area contributed by atoms with E-state index in [2.05, 4.69) is 4.98 Å². The van der Waals surface area contributed by atoms with Crippen LogP contribution in [0.4, 0.5) is 51.3 Å². The van der Waals surface area contributed by atoms with Crippen molar-refractivity contribution in [1.29, 1.82) is 0 Å². The molecule has 0 spiro atoms. The van der Waals surface area contributed by atoms with Crippen LogP contribution >= 0.6 is 0 Å². The molecule has 0 bridgehead atoms. The number of aromatic nitrogens is 2. The Morgan fingerprint density at radius 2 is 1.38 bits per heavy atom. The quantitative estimate of drug-likeness (QED) is 0.165. The van der Waals surface area contributed by atoms with Crippen LogP contribution in [-0.4, -0.2) is 23.1 Å². The van der Waals surface area contributed by atoms with Crippen LogP contribution in [0.1, 0.15) is 74.4 Å². The summed E-state index contributed by atoms with van der Waals surface area (Å²) in [5.74, 6) is 0.907. The van der Waals surface area contributed by atoms with E-state index in [1.54, 1.807) is 30.3 Å². The average Bonchev–Trinajstić information content (AvgIpc) is 3.72. The standard InChI is InChI=1S/C31H29F9N4O.C2H6/c1-2-43(15-19-7-3-4-8-19)27-22(13-21-9-5-6-10-25(21)41-27)17-44(28-42-26(18-45-28)31(38,39)40)16-20-11-23(29(32,33)34)14-24(12-20)30(35,36)37;1-2/h5-6,9-14,18-19H,2-4,7-8,15-17H2,1H3;1-2H3. The Hall–Kier alpha value is -3.97. The van der Waals surface area contributed by atoms with E-state index in [-0.39, 0.29) is 12.6 Å². The summed E-state index contributed by atoms with van der Waals surface area (Å²) in [4.78, 5) is 11.5. The second kappa shape index (κ2) is 14.4. The Bertz CT molecular complexity index is 1590. The van der Waals surface area contributed by atoms with Crippen molar-refractivity contribution in [1.82, 2.24) is 9.97 Å². The van der Waals surface area contributed by atoms with Gasteiger partial charge < -0.3 is 14.2 Å². The molecule has 1 aliphatic rings. The van der Waals surface area contributed by atoms with Crippen molar-refractivity contribution in [3.63, 3.8) is 0 Å². The molecule has 5 rings (SSSR count). The highest BCUT2D eigenvalue weighted by Gasteiger charge is 2.38. The summed E-state index contributed by atoms with van der Waals surface area (Å²) >= 11 is 0. The van der Waals surface area contributed by atoms with E-state index in [0.29, 0.717) is 59.7 Å². The summed E-state index contributed by atoms with van der Waals surface area (Å²) in [6.45, 7) is 6.18. The Labute approximate surface area is 266 Å². The van der Waals surface area contributed by atoms with E-state index >= 15 is 0 Å². The molecule has 5 nitrogen and oxygen atoms in total. The van der Waals surface area contributed by atoms with Gasteiger partial charge in [0.2, 0.25) is 0 Å². The minimum Gasteiger partial charge on any atom is -0.431 e. The van der Waals surface area contributed by atoms with Gasteiger partial charge in [0.1, 0.15) is 12.1 Å². The second-order valence-corrected chi connectivity index (χ2v) is 11.1. The molecule has 4 aromatic rings. The lowest BCUT2D eigenvalue weighted by atomic mass is 10.0. The number of alkyl halides is 9. The first-order chi connectivity index (χ1) is 22.1. The van der Waals surface area contributed by atoms with Gasteiger partial charge in [0.05, 0.1) is 23.2 Å². The van der Waals surface area contributed by atoms with Gasteiger partial charge in [-0.2, -0.15) is 44.5 Å². The largest absolute Gasteiger partial charge is 0.436 e. The van der Waals surface area contributed by atoms with Gasteiger partial charge in [0, 0.05) is 30.6 Å². The molecule has 2 aromatic heterocycles. The summed E-state index contributed by atoms with van der Waals surface area (Å²) in [6, 6.07) is 9.37. The zero-order valence-corrected chi connectivity index (χ0v) is 26.0. The third-order valence-electron chi connectivity index (χ3n) is 7.85. The number of halogens is 9. The lowest BCUT2D eigenvalue weighted by Gasteiger charge is -2.30. The lowest BCUT2D eigenvalue weighted by Crippen LogP contribution is -2.31. The van der Waals surface area contributed by atoms with Gasteiger partial charge in [-0.25, -0.2) is 4.98 Å². The number of pyridine rings is 1. The zero-order chi connectivity index (χ0) is 34.6. The first-order valence-corrected chi connectivity index (χ1v) is 15.3. The smallest absolute Gasteiger partial charge is 0.431 e. The highest BCUT2D eigenvalue weighted by Crippen LogP contribution is 2.38. The van der Waals surface area contributed by atoms with E-state index in [1.165, 1.54) is 0 Å². The predicted octanol–water partition coefficient (Wildman–Crippen LogP) is 10.5. The fourth-order valence-electron chi connectivity index (χ4n) is 5.68. The van der Waals surface area contributed by atoms with Crippen molar-refractivity contribution in [3.8, 4) is 0 Å². The van der Waals surface area contributed by atoms with Gasteiger partial charge in [0.25, 0.3) is 6.01 Å². The maximum atomic E-state index is 13.6. The Balaban J connectivity index is 0.00000245. The van der Waals surface area contributed by atoms with Crippen molar-refractivity contribution in [2.45, 2.75) is 78.1 Å². The van der Waals surface area contributed by atoms with Crippen molar-refractivity contribution >= 4 is 22.7 Å². The summed E-state index contributed by atoms with van der Waals surface area (Å²) in [5, 5.41) is 0.690.